The van der Waals surface area contributed by atoms with Crippen LogP contribution in [0.25, 0.3) is 11.0 Å². The highest BCUT2D eigenvalue weighted by Gasteiger charge is 2.31. The molecule has 38 heavy (non-hydrogen) atoms. The number of hydrogen-bond acceptors (Lipinski definition) is 5. The van der Waals surface area contributed by atoms with Crippen molar-refractivity contribution in [1.29, 1.82) is 0 Å². The minimum Gasteiger partial charge on any atom is -0.464 e. The third-order valence-corrected chi connectivity index (χ3v) is 7.95. The smallest absolute Gasteiger partial charge is 0.290 e. The second kappa shape index (κ2) is 9.63. The highest BCUT2D eigenvalue weighted by molar-refractivity contribution is 6.06. The monoisotopic (exact) mass is 509 g/mol. The highest BCUT2D eigenvalue weighted by Crippen LogP contribution is 2.32. The zero-order valence-corrected chi connectivity index (χ0v) is 22.0. The highest BCUT2D eigenvalue weighted by atomic mass is 16.4. The molecule has 0 saturated heterocycles. The predicted octanol–water partition coefficient (Wildman–Crippen LogP) is 5.55. The van der Waals surface area contributed by atoms with E-state index in [-0.39, 0.29) is 18.2 Å². The maximum absolute atomic E-state index is 13.5. The van der Waals surface area contributed by atoms with Gasteiger partial charge in [0.25, 0.3) is 5.91 Å². The molecular weight excluding hydrogens is 478 g/mol. The predicted molar refractivity (Wildman–Crippen MR) is 145 cm³/mol. The lowest BCUT2D eigenvalue weighted by Crippen LogP contribution is -2.36. The van der Waals surface area contributed by atoms with Crippen LogP contribution in [-0.4, -0.2) is 29.0 Å². The number of rotatable bonds is 4. The Morgan fingerprint density at radius 2 is 1.82 bits per heavy atom. The van der Waals surface area contributed by atoms with E-state index in [4.69, 9.17) is 8.83 Å². The van der Waals surface area contributed by atoms with Crippen molar-refractivity contribution < 1.29 is 18.4 Å². The summed E-state index contributed by atoms with van der Waals surface area (Å²) in [7, 11) is 0. The molecule has 2 aromatic heterocycles. The number of carbonyl (C=O) groups is 2. The van der Waals surface area contributed by atoms with E-state index in [2.05, 4.69) is 22.7 Å². The molecule has 0 saturated carbocycles. The van der Waals surface area contributed by atoms with Crippen LogP contribution in [0.3, 0.4) is 0 Å². The number of nitrogens with one attached hydrogen (secondary N) is 1. The lowest BCUT2D eigenvalue weighted by Gasteiger charge is -2.28. The molecule has 0 radical (unpaired) electrons. The van der Waals surface area contributed by atoms with Crippen LogP contribution in [0.15, 0.2) is 56.6 Å². The van der Waals surface area contributed by atoms with Crippen molar-refractivity contribution in [1.82, 2.24) is 10.3 Å². The van der Waals surface area contributed by atoms with Crippen LogP contribution in [0.2, 0.25) is 0 Å². The first-order chi connectivity index (χ1) is 18.4. The van der Waals surface area contributed by atoms with E-state index in [9.17, 15) is 9.59 Å². The Kier molecular flexibility index (Phi) is 6.14. The van der Waals surface area contributed by atoms with Crippen molar-refractivity contribution in [2.75, 3.05) is 6.54 Å². The van der Waals surface area contributed by atoms with E-state index in [1.165, 1.54) is 11.1 Å². The van der Waals surface area contributed by atoms with Gasteiger partial charge in [0.05, 0.1) is 18.4 Å². The second-order valence-electron chi connectivity index (χ2n) is 10.4. The molecule has 3 heterocycles. The van der Waals surface area contributed by atoms with E-state index in [0.717, 1.165) is 69.5 Å². The van der Waals surface area contributed by atoms with E-state index in [0.29, 0.717) is 25.3 Å². The summed E-state index contributed by atoms with van der Waals surface area (Å²) < 4.78 is 11.9. The summed E-state index contributed by atoms with van der Waals surface area (Å²) in [4.78, 5) is 28.1. The quantitative estimate of drug-likeness (QED) is 0.366. The number of hydrogen-bond donors (Lipinski definition) is 1. The molecule has 4 aromatic rings. The largest absolute Gasteiger partial charge is 0.464 e. The Morgan fingerprint density at radius 3 is 2.66 bits per heavy atom. The van der Waals surface area contributed by atoms with Gasteiger partial charge in [0.2, 0.25) is 5.91 Å². The molecule has 1 aliphatic carbocycles. The van der Waals surface area contributed by atoms with E-state index < -0.39 is 0 Å². The minimum atomic E-state index is -0.213. The lowest BCUT2D eigenvalue weighted by atomic mass is 9.93. The van der Waals surface area contributed by atoms with Gasteiger partial charge in [-0.1, -0.05) is 36.4 Å². The van der Waals surface area contributed by atoms with E-state index in [1.807, 2.05) is 49.9 Å². The zero-order chi connectivity index (χ0) is 26.4. The Labute approximate surface area is 221 Å². The molecule has 0 fully saturated rings. The number of aryl methyl sites for hydroxylation is 3. The van der Waals surface area contributed by atoms with Gasteiger partial charge < -0.3 is 13.7 Å². The fourth-order valence-corrected chi connectivity index (χ4v) is 5.66. The van der Waals surface area contributed by atoms with Gasteiger partial charge in [0, 0.05) is 41.6 Å². The number of amides is 2. The van der Waals surface area contributed by atoms with E-state index in [1.54, 1.807) is 6.26 Å². The Morgan fingerprint density at radius 1 is 1.00 bits per heavy atom. The molecule has 1 aliphatic heterocycles. The maximum atomic E-state index is 13.5. The summed E-state index contributed by atoms with van der Waals surface area (Å²) in [6.07, 6.45) is 4.98. The summed E-state index contributed by atoms with van der Waals surface area (Å²) in [6, 6.07) is 12.3. The first kappa shape index (κ1) is 24.2. The number of nitrogens with zero attached hydrogens (tertiary/aromatic N) is 2. The van der Waals surface area contributed by atoms with Crippen molar-refractivity contribution >= 4 is 28.5 Å². The molecule has 0 unspecified atom stereocenters. The van der Waals surface area contributed by atoms with Crippen molar-refractivity contribution in [3.8, 4) is 0 Å². The van der Waals surface area contributed by atoms with E-state index >= 15 is 0 Å². The number of benzene rings is 2. The van der Waals surface area contributed by atoms with Crippen LogP contribution in [-0.2, 0) is 30.6 Å². The number of furan rings is 2. The van der Waals surface area contributed by atoms with Crippen molar-refractivity contribution in [2.45, 2.75) is 59.4 Å². The van der Waals surface area contributed by atoms with Crippen LogP contribution < -0.4 is 5.43 Å². The zero-order valence-electron chi connectivity index (χ0n) is 22.0. The third kappa shape index (κ3) is 4.22. The number of carbonyl (C=O) groups excluding carboxylic acids is 2. The van der Waals surface area contributed by atoms with Crippen LogP contribution in [0.1, 0.15) is 68.1 Å². The van der Waals surface area contributed by atoms with Gasteiger partial charge in [-0.2, -0.15) is 5.10 Å². The summed E-state index contributed by atoms with van der Waals surface area (Å²) in [5.41, 5.74) is 11.5. The summed E-state index contributed by atoms with van der Waals surface area (Å²) in [5, 5.41) is 5.44. The summed E-state index contributed by atoms with van der Waals surface area (Å²) in [6.45, 7) is 7.23. The molecule has 1 N–H and O–H groups in total. The van der Waals surface area contributed by atoms with Crippen molar-refractivity contribution in [2.24, 2.45) is 5.10 Å². The molecular formula is C31H31N3O4. The SMILES string of the molecule is Cc1ccc2c(CC(=O)N/N=C3\CCCc4oc(C(=O)N5CCc6ccccc6C5)c(C)c43)coc2c1C. The molecule has 2 aromatic carbocycles. The van der Waals surface area contributed by atoms with Gasteiger partial charge in [0.1, 0.15) is 11.3 Å². The maximum Gasteiger partial charge on any atom is 0.290 e. The number of hydrazone groups is 1. The normalized spacial score (nSPS) is 16.0. The fraction of sp³-hybridized carbons (Fsp3) is 0.323. The standard InChI is InChI=1S/C31H31N3O4/c1-18-11-12-24-23(17-37-29(24)19(18)2)15-27(35)33-32-25-9-6-10-26-28(25)20(3)30(38-26)31(36)34-14-13-21-7-4-5-8-22(21)16-34/h4-5,7-8,11-12,17H,6,9-10,13-16H2,1-3H3,(H,33,35)/b32-25+. The van der Waals surface area contributed by atoms with Crippen LogP contribution in [0.4, 0.5) is 0 Å². The van der Waals surface area contributed by atoms with Gasteiger partial charge in [0.15, 0.2) is 5.76 Å². The molecule has 6 rings (SSSR count). The topological polar surface area (TPSA) is 88.0 Å². The molecule has 7 nitrogen and oxygen atoms in total. The first-order valence-electron chi connectivity index (χ1n) is 13.2. The van der Waals surface area contributed by atoms with Gasteiger partial charge in [-0.15, -0.1) is 0 Å². The van der Waals surface area contributed by atoms with Crippen molar-refractivity contribution in [3.05, 3.63) is 93.1 Å². The molecule has 2 aliphatic rings. The average Bonchev–Trinajstić information content (AvgIpc) is 3.50. The van der Waals surface area contributed by atoms with Gasteiger partial charge in [-0.3, -0.25) is 9.59 Å². The molecule has 0 bridgehead atoms. The second-order valence-corrected chi connectivity index (χ2v) is 10.4. The molecule has 7 heteroatoms. The van der Waals surface area contributed by atoms with Gasteiger partial charge in [-0.25, -0.2) is 5.43 Å². The van der Waals surface area contributed by atoms with Crippen molar-refractivity contribution in [3.63, 3.8) is 0 Å². The summed E-state index contributed by atoms with van der Waals surface area (Å²) >= 11 is 0. The Balaban J connectivity index is 1.20. The van der Waals surface area contributed by atoms with Crippen LogP contribution in [0.5, 0.6) is 0 Å². The lowest BCUT2D eigenvalue weighted by molar-refractivity contribution is -0.120. The third-order valence-electron chi connectivity index (χ3n) is 7.95. The molecule has 0 atom stereocenters. The Hall–Kier alpha value is -4.13. The fourth-order valence-electron chi connectivity index (χ4n) is 5.66. The molecule has 2 amide bonds. The average molecular weight is 510 g/mol. The van der Waals surface area contributed by atoms with Gasteiger partial charge >= 0.3 is 0 Å². The summed E-state index contributed by atoms with van der Waals surface area (Å²) in [5.74, 6) is 0.849. The molecule has 0 spiro atoms. The van der Waals surface area contributed by atoms with Crippen LogP contribution in [0, 0.1) is 20.8 Å². The first-order valence-corrected chi connectivity index (χ1v) is 13.2. The van der Waals surface area contributed by atoms with Gasteiger partial charge in [-0.05, 0) is 62.3 Å². The number of fused-ring (bicyclic) bond motifs is 3. The Bertz CT molecular complexity index is 1610. The minimum absolute atomic E-state index is 0.0906. The van der Waals surface area contributed by atoms with Crippen LogP contribution >= 0.6 is 0 Å². The molecule has 194 valence electrons.